The van der Waals surface area contributed by atoms with Crippen LogP contribution in [0.4, 0.5) is 0 Å². The summed E-state index contributed by atoms with van der Waals surface area (Å²) in [6.07, 6.45) is 7.94. The average Bonchev–Trinajstić information content (AvgIpc) is 2.29. The fourth-order valence-corrected chi connectivity index (χ4v) is 4.71. The van der Waals surface area contributed by atoms with E-state index in [0.29, 0.717) is 18.2 Å². The Bertz CT molecular complexity index is 307. The second-order valence-corrected chi connectivity index (χ2v) is 7.55. The summed E-state index contributed by atoms with van der Waals surface area (Å²) >= 11 is 1.78. The minimum absolute atomic E-state index is 0.127. The van der Waals surface area contributed by atoms with E-state index in [9.17, 15) is 8.42 Å². The van der Waals surface area contributed by atoms with Gasteiger partial charge in [-0.3, -0.25) is 0 Å². The van der Waals surface area contributed by atoms with Crippen LogP contribution in [0.15, 0.2) is 0 Å². The van der Waals surface area contributed by atoms with Crippen molar-refractivity contribution in [2.45, 2.75) is 49.8 Å². The molecule has 0 saturated heterocycles. The van der Waals surface area contributed by atoms with Gasteiger partial charge < -0.3 is 5.73 Å². The number of nitrogens with two attached hydrogens (primary N) is 1. The quantitative estimate of drug-likeness (QED) is 0.690. The molecule has 0 amide bonds. The Labute approximate surface area is 109 Å². The maximum absolute atomic E-state index is 11.9. The standard InChI is InChI=1S/C11H24N2O2S2/c1-16-11-7-3-2-6-10(11)13-17(14,15)9-5-4-8-12/h10-11,13H,2-9,12H2,1H3. The molecule has 0 aliphatic heterocycles. The van der Waals surface area contributed by atoms with Gasteiger partial charge >= 0.3 is 0 Å². The van der Waals surface area contributed by atoms with Crippen molar-refractivity contribution in [3.05, 3.63) is 0 Å². The summed E-state index contributed by atoms with van der Waals surface area (Å²) in [5.41, 5.74) is 5.37. The van der Waals surface area contributed by atoms with Crippen LogP contribution in [0.1, 0.15) is 38.5 Å². The Hall–Kier alpha value is 0.220. The van der Waals surface area contributed by atoms with Gasteiger partial charge in [0.05, 0.1) is 5.75 Å². The van der Waals surface area contributed by atoms with Gasteiger partial charge in [-0.05, 0) is 38.5 Å². The first-order valence-electron chi connectivity index (χ1n) is 6.32. The predicted molar refractivity (Wildman–Crippen MR) is 74.8 cm³/mol. The van der Waals surface area contributed by atoms with Gasteiger partial charge in [0, 0.05) is 11.3 Å². The maximum Gasteiger partial charge on any atom is 0.211 e. The lowest BCUT2D eigenvalue weighted by Crippen LogP contribution is -2.44. The zero-order valence-electron chi connectivity index (χ0n) is 10.5. The third-order valence-corrected chi connectivity index (χ3v) is 5.86. The van der Waals surface area contributed by atoms with Crippen LogP contribution < -0.4 is 10.5 Å². The molecule has 1 fully saturated rings. The first kappa shape index (κ1) is 15.3. The van der Waals surface area contributed by atoms with Crippen molar-refractivity contribution in [1.29, 1.82) is 0 Å². The Morgan fingerprint density at radius 2 is 2.00 bits per heavy atom. The number of unbranched alkanes of at least 4 members (excludes halogenated alkanes) is 1. The first-order valence-corrected chi connectivity index (χ1v) is 9.26. The smallest absolute Gasteiger partial charge is 0.211 e. The van der Waals surface area contributed by atoms with Crippen LogP contribution in [0.5, 0.6) is 0 Å². The Balaban J connectivity index is 2.44. The summed E-state index contributed by atoms with van der Waals surface area (Å²) in [4.78, 5) is 0. The lowest BCUT2D eigenvalue weighted by molar-refractivity contribution is 0.423. The molecule has 0 aromatic rings. The van der Waals surface area contributed by atoms with Crippen LogP contribution in [0.3, 0.4) is 0 Å². The highest BCUT2D eigenvalue weighted by Gasteiger charge is 2.27. The van der Waals surface area contributed by atoms with Gasteiger partial charge in [0.25, 0.3) is 0 Å². The molecule has 17 heavy (non-hydrogen) atoms. The third kappa shape index (κ3) is 5.59. The van der Waals surface area contributed by atoms with Gasteiger partial charge in [-0.2, -0.15) is 11.8 Å². The summed E-state index contributed by atoms with van der Waals surface area (Å²) in [5.74, 6) is 0.210. The fourth-order valence-electron chi connectivity index (χ4n) is 2.24. The van der Waals surface area contributed by atoms with E-state index in [2.05, 4.69) is 11.0 Å². The number of nitrogens with one attached hydrogen (secondary N) is 1. The van der Waals surface area contributed by atoms with Gasteiger partial charge in [0.1, 0.15) is 0 Å². The van der Waals surface area contributed by atoms with Crippen LogP contribution in [0, 0.1) is 0 Å². The Kier molecular flexibility index (Phi) is 6.84. The predicted octanol–water partition coefficient (Wildman–Crippen LogP) is 1.32. The molecule has 3 N–H and O–H groups in total. The van der Waals surface area contributed by atoms with E-state index in [-0.39, 0.29) is 11.8 Å². The molecule has 0 spiro atoms. The molecule has 1 aliphatic carbocycles. The van der Waals surface area contributed by atoms with Crippen LogP contribution in [0.25, 0.3) is 0 Å². The second kappa shape index (κ2) is 7.61. The van der Waals surface area contributed by atoms with Crippen LogP contribution in [-0.2, 0) is 10.0 Å². The minimum atomic E-state index is -3.12. The summed E-state index contributed by atoms with van der Waals surface area (Å²) in [6.45, 7) is 0.562. The van der Waals surface area contributed by atoms with Gasteiger partial charge in [0.15, 0.2) is 0 Å². The van der Waals surface area contributed by atoms with E-state index in [4.69, 9.17) is 5.73 Å². The molecule has 1 rings (SSSR count). The molecular weight excluding hydrogens is 256 g/mol. The molecule has 0 heterocycles. The summed E-state index contributed by atoms with van der Waals surface area (Å²) in [6, 6.07) is 0.127. The molecule has 0 radical (unpaired) electrons. The highest BCUT2D eigenvalue weighted by Crippen LogP contribution is 2.27. The molecule has 0 aromatic heterocycles. The monoisotopic (exact) mass is 280 g/mol. The molecule has 2 atom stereocenters. The maximum atomic E-state index is 11.9. The van der Waals surface area contributed by atoms with E-state index < -0.39 is 10.0 Å². The molecule has 1 saturated carbocycles. The zero-order valence-corrected chi connectivity index (χ0v) is 12.2. The Morgan fingerprint density at radius 1 is 1.29 bits per heavy atom. The van der Waals surface area contributed by atoms with E-state index in [0.717, 1.165) is 25.7 Å². The van der Waals surface area contributed by atoms with Crippen LogP contribution >= 0.6 is 11.8 Å². The van der Waals surface area contributed by atoms with Gasteiger partial charge in [0.2, 0.25) is 10.0 Å². The topological polar surface area (TPSA) is 72.2 Å². The lowest BCUT2D eigenvalue weighted by Gasteiger charge is -2.30. The third-order valence-electron chi connectivity index (χ3n) is 3.20. The normalized spacial score (nSPS) is 26.0. The van der Waals surface area contributed by atoms with Crippen LogP contribution in [-0.4, -0.2) is 38.3 Å². The van der Waals surface area contributed by atoms with E-state index >= 15 is 0 Å². The van der Waals surface area contributed by atoms with Crippen molar-refractivity contribution >= 4 is 21.8 Å². The summed E-state index contributed by atoms with van der Waals surface area (Å²) in [7, 11) is -3.12. The van der Waals surface area contributed by atoms with Gasteiger partial charge in [-0.15, -0.1) is 0 Å². The molecule has 102 valence electrons. The van der Waals surface area contributed by atoms with Gasteiger partial charge in [-0.1, -0.05) is 12.8 Å². The highest BCUT2D eigenvalue weighted by molar-refractivity contribution is 7.99. The summed E-state index contributed by atoms with van der Waals surface area (Å²) in [5, 5.41) is 0.438. The minimum Gasteiger partial charge on any atom is -0.330 e. The molecular formula is C11H24N2O2S2. The molecule has 0 bridgehead atoms. The van der Waals surface area contributed by atoms with Crippen molar-refractivity contribution < 1.29 is 8.42 Å². The van der Waals surface area contributed by atoms with Crippen molar-refractivity contribution in [2.24, 2.45) is 5.73 Å². The molecule has 0 aromatic carbocycles. The van der Waals surface area contributed by atoms with E-state index in [1.807, 2.05) is 0 Å². The number of hydrogen-bond donors (Lipinski definition) is 2. The number of sulfonamides is 1. The van der Waals surface area contributed by atoms with Crippen molar-refractivity contribution in [2.75, 3.05) is 18.6 Å². The SMILES string of the molecule is CSC1CCCCC1NS(=O)(=O)CCCCN. The molecule has 4 nitrogen and oxygen atoms in total. The number of thioether (sulfide) groups is 1. The van der Waals surface area contributed by atoms with Crippen molar-refractivity contribution in [1.82, 2.24) is 4.72 Å². The summed E-state index contributed by atoms with van der Waals surface area (Å²) < 4.78 is 26.6. The fraction of sp³-hybridized carbons (Fsp3) is 1.00. The van der Waals surface area contributed by atoms with Gasteiger partial charge in [-0.25, -0.2) is 13.1 Å². The van der Waals surface area contributed by atoms with E-state index in [1.54, 1.807) is 11.8 Å². The zero-order chi connectivity index (χ0) is 12.7. The Morgan fingerprint density at radius 3 is 2.65 bits per heavy atom. The van der Waals surface area contributed by atoms with Crippen molar-refractivity contribution in [3.63, 3.8) is 0 Å². The van der Waals surface area contributed by atoms with Crippen LogP contribution in [0.2, 0.25) is 0 Å². The number of hydrogen-bond acceptors (Lipinski definition) is 4. The first-order chi connectivity index (χ1) is 8.09. The number of rotatable bonds is 7. The average molecular weight is 280 g/mol. The second-order valence-electron chi connectivity index (χ2n) is 4.60. The molecule has 2 unspecified atom stereocenters. The largest absolute Gasteiger partial charge is 0.330 e. The highest BCUT2D eigenvalue weighted by atomic mass is 32.2. The van der Waals surface area contributed by atoms with E-state index in [1.165, 1.54) is 6.42 Å². The van der Waals surface area contributed by atoms with Crippen molar-refractivity contribution in [3.8, 4) is 0 Å². The molecule has 6 heteroatoms. The lowest BCUT2D eigenvalue weighted by atomic mass is 9.96. The molecule has 1 aliphatic rings.